The number of nitrogens with one attached hydrogen (secondary N) is 2. The Balaban J connectivity index is 1.41. The maximum absolute atomic E-state index is 14.4. The van der Waals surface area contributed by atoms with Crippen molar-refractivity contribution in [3.63, 3.8) is 0 Å². The van der Waals surface area contributed by atoms with E-state index in [9.17, 15) is 14.0 Å². The lowest BCUT2D eigenvalue weighted by Gasteiger charge is -2.10. The number of rotatable bonds is 5. The molecule has 0 radical (unpaired) electrons. The Morgan fingerprint density at radius 1 is 0.912 bits per heavy atom. The molecule has 2 amide bonds. The van der Waals surface area contributed by atoms with E-state index in [1.165, 1.54) is 18.4 Å². The molecule has 0 spiro atoms. The van der Waals surface area contributed by atoms with Crippen molar-refractivity contribution in [2.24, 2.45) is 0 Å². The quantitative estimate of drug-likeness (QED) is 0.365. The third-order valence-corrected chi connectivity index (χ3v) is 5.16. The first-order valence-electron chi connectivity index (χ1n) is 10.3. The molecule has 0 bridgehead atoms. The minimum Gasteiger partial charge on any atom is -0.459 e. The second kappa shape index (κ2) is 8.62. The van der Waals surface area contributed by atoms with Gasteiger partial charge in [-0.3, -0.25) is 9.59 Å². The Morgan fingerprint density at radius 3 is 2.29 bits per heavy atom. The van der Waals surface area contributed by atoms with Crippen molar-refractivity contribution >= 4 is 34.3 Å². The average molecular weight is 456 g/mol. The van der Waals surface area contributed by atoms with Gasteiger partial charge < -0.3 is 19.6 Å². The summed E-state index contributed by atoms with van der Waals surface area (Å²) in [6, 6.07) is 17.4. The zero-order valence-electron chi connectivity index (χ0n) is 17.8. The summed E-state index contributed by atoms with van der Waals surface area (Å²) in [4.78, 5) is 29.6. The highest BCUT2D eigenvalue weighted by atomic mass is 19.1. The molecule has 0 unspecified atom stereocenters. The number of carbonyl (C=O) groups excluding carboxylic acids is 2. The summed E-state index contributed by atoms with van der Waals surface area (Å²) in [5, 5.41) is 9.86. The molecule has 3 aromatic heterocycles. The fourth-order valence-electron chi connectivity index (χ4n) is 3.52. The molecule has 2 N–H and O–H groups in total. The number of benzene rings is 2. The lowest BCUT2D eigenvalue weighted by atomic mass is 10.0. The van der Waals surface area contributed by atoms with Crippen LogP contribution in [0.5, 0.6) is 0 Å². The van der Waals surface area contributed by atoms with Gasteiger partial charge in [-0.1, -0.05) is 17.3 Å². The van der Waals surface area contributed by atoms with E-state index < -0.39 is 11.7 Å². The first-order valence-corrected chi connectivity index (χ1v) is 10.3. The highest BCUT2D eigenvalue weighted by molar-refractivity contribution is 6.13. The molecule has 0 saturated carbocycles. The maximum atomic E-state index is 14.4. The van der Waals surface area contributed by atoms with Crippen LogP contribution >= 0.6 is 0 Å². The number of furan rings is 1. The van der Waals surface area contributed by atoms with E-state index in [0.717, 1.165) is 0 Å². The second-order valence-electron chi connectivity index (χ2n) is 7.45. The monoisotopic (exact) mass is 456 g/mol. The Morgan fingerprint density at radius 2 is 1.62 bits per heavy atom. The molecule has 0 aliphatic carbocycles. The largest absolute Gasteiger partial charge is 0.459 e. The Hall–Kier alpha value is -4.79. The fraction of sp³-hybridized carbons (Fsp3) is 0.0400. The first-order chi connectivity index (χ1) is 16.5. The van der Waals surface area contributed by atoms with Gasteiger partial charge in [0.15, 0.2) is 5.76 Å². The topological polar surface area (TPSA) is 110 Å². The molecule has 5 rings (SSSR count). The van der Waals surface area contributed by atoms with Gasteiger partial charge in [-0.15, -0.1) is 0 Å². The summed E-state index contributed by atoms with van der Waals surface area (Å²) in [5.74, 6) is -1.11. The molecule has 2 aromatic carbocycles. The van der Waals surface area contributed by atoms with Gasteiger partial charge >= 0.3 is 0 Å². The van der Waals surface area contributed by atoms with Crippen molar-refractivity contribution in [3.05, 3.63) is 95.8 Å². The van der Waals surface area contributed by atoms with Crippen LogP contribution in [0.1, 0.15) is 26.6 Å². The highest BCUT2D eigenvalue weighted by Gasteiger charge is 2.20. The van der Waals surface area contributed by atoms with Crippen LogP contribution in [0.2, 0.25) is 0 Å². The fourth-order valence-corrected chi connectivity index (χ4v) is 3.52. The van der Waals surface area contributed by atoms with E-state index in [4.69, 9.17) is 8.94 Å². The van der Waals surface area contributed by atoms with Crippen LogP contribution in [-0.2, 0) is 0 Å². The van der Waals surface area contributed by atoms with Gasteiger partial charge in [-0.05, 0) is 61.5 Å². The van der Waals surface area contributed by atoms with E-state index in [0.29, 0.717) is 22.5 Å². The molecule has 168 valence electrons. The van der Waals surface area contributed by atoms with Crippen LogP contribution in [-0.4, -0.2) is 22.0 Å². The van der Waals surface area contributed by atoms with Crippen molar-refractivity contribution in [1.82, 2.24) is 10.1 Å². The summed E-state index contributed by atoms with van der Waals surface area (Å²) < 4.78 is 24.7. The summed E-state index contributed by atoms with van der Waals surface area (Å²) in [6.07, 6.45) is 1.42. The standard InChI is InChI=1S/C25H17FN4O4/c1-14-22-18(13-20(29-25(22)34-30-14)17-5-2-3-6-19(17)26)23(31)27-15-8-10-16(11-9-15)28-24(32)21-7-4-12-33-21/h2-13H,1H3,(H,27,31)(H,28,32). The van der Waals surface area contributed by atoms with Gasteiger partial charge in [0.1, 0.15) is 5.82 Å². The number of fused-ring (bicyclic) bond motifs is 1. The Bertz CT molecular complexity index is 1510. The molecule has 34 heavy (non-hydrogen) atoms. The second-order valence-corrected chi connectivity index (χ2v) is 7.45. The third kappa shape index (κ3) is 4.02. The molecule has 3 heterocycles. The van der Waals surface area contributed by atoms with E-state index in [2.05, 4.69) is 20.8 Å². The summed E-state index contributed by atoms with van der Waals surface area (Å²) >= 11 is 0. The van der Waals surface area contributed by atoms with Gasteiger partial charge in [0, 0.05) is 16.9 Å². The van der Waals surface area contributed by atoms with Crippen LogP contribution in [0.3, 0.4) is 0 Å². The van der Waals surface area contributed by atoms with E-state index >= 15 is 0 Å². The molecule has 0 atom stereocenters. The summed E-state index contributed by atoms with van der Waals surface area (Å²) in [5.41, 5.74) is 2.39. The molecular formula is C25H17FN4O4. The van der Waals surface area contributed by atoms with Crippen LogP contribution in [0.15, 0.2) is 81.9 Å². The number of amides is 2. The van der Waals surface area contributed by atoms with Crippen molar-refractivity contribution < 1.29 is 22.9 Å². The van der Waals surface area contributed by atoms with Crippen molar-refractivity contribution in [2.45, 2.75) is 6.92 Å². The first kappa shape index (κ1) is 21.1. The average Bonchev–Trinajstić information content (AvgIpc) is 3.51. The van der Waals surface area contributed by atoms with E-state index in [-0.39, 0.29) is 34.2 Å². The van der Waals surface area contributed by atoms with Gasteiger partial charge in [-0.2, -0.15) is 0 Å². The van der Waals surface area contributed by atoms with Gasteiger partial charge in [0.25, 0.3) is 17.5 Å². The lowest BCUT2D eigenvalue weighted by Crippen LogP contribution is -2.14. The zero-order chi connectivity index (χ0) is 23.7. The number of nitrogens with zero attached hydrogens (tertiary/aromatic N) is 2. The lowest BCUT2D eigenvalue weighted by molar-refractivity contribution is 0.0994. The Kier molecular flexibility index (Phi) is 5.35. The number of hydrogen-bond acceptors (Lipinski definition) is 6. The Labute approximate surface area is 192 Å². The number of pyridine rings is 1. The summed E-state index contributed by atoms with van der Waals surface area (Å²) in [6.45, 7) is 1.70. The molecule has 0 aliphatic rings. The predicted molar refractivity (Wildman–Crippen MR) is 123 cm³/mol. The molecule has 5 aromatic rings. The number of aryl methyl sites for hydroxylation is 1. The van der Waals surface area contributed by atoms with E-state index in [1.807, 2.05) is 0 Å². The SMILES string of the molecule is Cc1noc2nc(-c3ccccc3F)cc(C(=O)Nc3ccc(NC(=O)c4ccco4)cc3)c12. The number of anilines is 2. The van der Waals surface area contributed by atoms with Crippen LogP contribution in [0.4, 0.5) is 15.8 Å². The molecule has 0 aliphatic heterocycles. The van der Waals surface area contributed by atoms with E-state index in [1.54, 1.807) is 61.5 Å². The molecule has 8 nitrogen and oxygen atoms in total. The normalized spacial score (nSPS) is 10.9. The van der Waals surface area contributed by atoms with Gasteiger partial charge in [0.2, 0.25) is 0 Å². The van der Waals surface area contributed by atoms with Gasteiger partial charge in [-0.25, -0.2) is 9.37 Å². The van der Waals surface area contributed by atoms with Gasteiger partial charge in [0.05, 0.1) is 28.6 Å². The highest BCUT2D eigenvalue weighted by Crippen LogP contribution is 2.29. The smallest absolute Gasteiger partial charge is 0.291 e. The molecule has 0 fully saturated rings. The third-order valence-electron chi connectivity index (χ3n) is 5.16. The molecule has 9 heteroatoms. The van der Waals surface area contributed by atoms with Crippen LogP contribution in [0, 0.1) is 12.7 Å². The summed E-state index contributed by atoms with van der Waals surface area (Å²) in [7, 11) is 0. The molecule has 0 saturated heterocycles. The number of aromatic nitrogens is 2. The molecular weight excluding hydrogens is 439 g/mol. The minimum atomic E-state index is -0.468. The van der Waals surface area contributed by atoms with Crippen molar-refractivity contribution in [2.75, 3.05) is 10.6 Å². The minimum absolute atomic E-state index is 0.138. The number of halogens is 1. The maximum Gasteiger partial charge on any atom is 0.291 e. The zero-order valence-corrected chi connectivity index (χ0v) is 17.8. The van der Waals surface area contributed by atoms with Crippen LogP contribution < -0.4 is 10.6 Å². The van der Waals surface area contributed by atoms with Crippen molar-refractivity contribution in [3.8, 4) is 11.3 Å². The predicted octanol–water partition coefficient (Wildman–Crippen LogP) is 5.43. The van der Waals surface area contributed by atoms with Crippen molar-refractivity contribution in [1.29, 1.82) is 0 Å². The number of hydrogen-bond donors (Lipinski definition) is 2. The van der Waals surface area contributed by atoms with Crippen LogP contribution in [0.25, 0.3) is 22.4 Å². The number of carbonyl (C=O) groups is 2.